The second kappa shape index (κ2) is 5.02. The van der Waals surface area contributed by atoms with E-state index in [0.717, 1.165) is 28.1 Å². The van der Waals surface area contributed by atoms with Crippen LogP contribution in [0.1, 0.15) is 17.4 Å². The summed E-state index contributed by atoms with van der Waals surface area (Å²) < 4.78 is 5.47. The van der Waals surface area contributed by atoms with Crippen LogP contribution in [0.5, 0.6) is 0 Å². The average molecular weight is 269 g/mol. The van der Waals surface area contributed by atoms with Gasteiger partial charge in [0.1, 0.15) is 11.3 Å². The minimum atomic E-state index is 0.0460. The SMILES string of the molecule is Cc1cc(-c2ccc3oc(C)nc3c2)nc(CCO)n1. The normalized spacial score (nSPS) is 11.2. The lowest BCUT2D eigenvalue weighted by molar-refractivity contribution is 0.296. The molecule has 5 heteroatoms. The Morgan fingerprint density at radius 3 is 2.75 bits per heavy atom. The van der Waals surface area contributed by atoms with E-state index in [-0.39, 0.29) is 6.61 Å². The van der Waals surface area contributed by atoms with Crippen molar-refractivity contribution < 1.29 is 9.52 Å². The number of aliphatic hydroxyl groups excluding tert-OH is 1. The third-order valence-corrected chi connectivity index (χ3v) is 3.03. The molecule has 0 fully saturated rings. The van der Waals surface area contributed by atoms with Crippen molar-refractivity contribution in [2.45, 2.75) is 20.3 Å². The maximum atomic E-state index is 9.01. The number of fused-ring (bicyclic) bond motifs is 1. The third kappa shape index (κ3) is 2.40. The van der Waals surface area contributed by atoms with Gasteiger partial charge in [0.05, 0.1) is 12.3 Å². The Morgan fingerprint density at radius 1 is 1.10 bits per heavy atom. The lowest BCUT2D eigenvalue weighted by atomic mass is 10.1. The summed E-state index contributed by atoms with van der Waals surface area (Å²) in [6, 6.07) is 7.73. The number of nitrogens with zero attached hydrogens (tertiary/aromatic N) is 3. The number of aryl methyl sites for hydroxylation is 2. The van der Waals surface area contributed by atoms with Crippen molar-refractivity contribution in [3.05, 3.63) is 41.7 Å². The van der Waals surface area contributed by atoms with Gasteiger partial charge in [-0.2, -0.15) is 0 Å². The number of benzene rings is 1. The summed E-state index contributed by atoms with van der Waals surface area (Å²) in [6.45, 7) is 3.79. The van der Waals surface area contributed by atoms with Crippen LogP contribution in [0.25, 0.3) is 22.4 Å². The Hall–Kier alpha value is -2.27. The molecule has 2 heterocycles. The summed E-state index contributed by atoms with van der Waals surface area (Å²) in [6.07, 6.45) is 0.458. The van der Waals surface area contributed by atoms with E-state index in [9.17, 15) is 0 Å². The second-order valence-corrected chi connectivity index (χ2v) is 4.70. The fourth-order valence-electron chi connectivity index (χ4n) is 2.19. The number of aliphatic hydroxyl groups is 1. The van der Waals surface area contributed by atoms with Gasteiger partial charge < -0.3 is 9.52 Å². The van der Waals surface area contributed by atoms with Crippen LogP contribution in [0.3, 0.4) is 0 Å². The highest BCUT2D eigenvalue weighted by molar-refractivity contribution is 5.79. The highest BCUT2D eigenvalue weighted by Gasteiger charge is 2.08. The minimum Gasteiger partial charge on any atom is -0.441 e. The Morgan fingerprint density at radius 2 is 1.95 bits per heavy atom. The first-order valence-electron chi connectivity index (χ1n) is 6.49. The number of aromatic nitrogens is 3. The highest BCUT2D eigenvalue weighted by atomic mass is 16.3. The molecule has 1 aromatic carbocycles. The van der Waals surface area contributed by atoms with Crippen LogP contribution in [0.15, 0.2) is 28.7 Å². The lowest BCUT2D eigenvalue weighted by Crippen LogP contribution is -2.01. The van der Waals surface area contributed by atoms with Crippen LogP contribution in [0.4, 0.5) is 0 Å². The van der Waals surface area contributed by atoms with Crippen molar-refractivity contribution in [1.82, 2.24) is 15.0 Å². The van der Waals surface area contributed by atoms with E-state index in [4.69, 9.17) is 9.52 Å². The van der Waals surface area contributed by atoms with Gasteiger partial charge in [0.25, 0.3) is 0 Å². The molecule has 0 atom stereocenters. The summed E-state index contributed by atoms with van der Waals surface area (Å²) >= 11 is 0. The maximum Gasteiger partial charge on any atom is 0.192 e. The lowest BCUT2D eigenvalue weighted by Gasteiger charge is -2.05. The highest BCUT2D eigenvalue weighted by Crippen LogP contribution is 2.24. The zero-order valence-corrected chi connectivity index (χ0v) is 11.4. The monoisotopic (exact) mass is 269 g/mol. The summed E-state index contributed by atoms with van der Waals surface area (Å²) in [5, 5.41) is 9.01. The van der Waals surface area contributed by atoms with Crippen LogP contribution >= 0.6 is 0 Å². The van der Waals surface area contributed by atoms with E-state index in [0.29, 0.717) is 18.1 Å². The molecule has 3 rings (SSSR count). The molecule has 0 aliphatic carbocycles. The molecule has 1 N–H and O–H groups in total. The standard InChI is InChI=1S/C15H15N3O2/c1-9-7-12(18-15(16-9)5-6-19)11-3-4-14-13(8-11)17-10(2)20-14/h3-4,7-8,19H,5-6H2,1-2H3. The van der Waals surface area contributed by atoms with Gasteiger partial charge >= 0.3 is 0 Å². The van der Waals surface area contributed by atoms with Crippen molar-refractivity contribution >= 4 is 11.1 Å². The zero-order chi connectivity index (χ0) is 14.1. The van der Waals surface area contributed by atoms with Gasteiger partial charge in [0, 0.05) is 24.6 Å². The minimum absolute atomic E-state index is 0.0460. The molecule has 0 amide bonds. The quantitative estimate of drug-likeness (QED) is 0.790. The molecule has 0 radical (unpaired) electrons. The van der Waals surface area contributed by atoms with Gasteiger partial charge in [0.2, 0.25) is 0 Å². The van der Waals surface area contributed by atoms with E-state index in [1.807, 2.05) is 38.1 Å². The molecule has 102 valence electrons. The molecule has 2 aromatic heterocycles. The predicted octanol–water partition coefficient (Wildman–Crippen LogP) is 2.44. The molecule has 5 nitrogen and oxygen atoms in total. The number of oxazole rings is 1. The van der Waals surface area contributed by atoms with Gasteiger partial charge in [0.15, 0.2) is 11.5 Å². The van der Waals surface area contributed by atoms with E-state index in [1.54, 1.807) is 0 Å². The Labute approximate surface area is 116 Å². The van der Waals surface area contributed by atoms with Crippen LogP contribution in [-0.4, -0.2) is 26.7 Å². The fourth-order valence-corrected chi connectivity index (χ4v) is 2.19. The van der Waals surface area contributed by atoms with E-state index >= 15 is 0 Å². The summed E-state index contributed by atoms with van der Waals surface area (Å²) in [4.78, 5) is 13.1. The molecule has 0 aliphatic heterocycles. The Bertz CT molecular complexity index is 765. The van der Waals surface area contributed by atoms with E-state index in [1.165, 1.54) is 0 Å². The van der Waals surface area contributed by atoms with Gasteiger partial charge in [-0.15, -0.1) is 0 Å². The first-order valence-corrected chi connectivity index (χ1v) is 6.49. The molecule has 0 saturated carbocycles. The van der Waals surface area contributed by atoms with Crippen molar-refractivity contribution in [2.24, 2.45) is 0 Å². The zero-order valence-electron chi connectivity index (χ0n) is 11.4. The number of hydrogen-bond acceptors (Lipinski definition) is 5. The molecular formula is C15H15N3O2. The van der Waals surface area contributed by atoms with Crippen LogP contribution < -0.4 is 0 Å². The maximum absolute atomic E-state index is 9.01. The molecule has 0 unspecified atom stereocenters. The van der Waals surface area contributed by atoms with Gasteiger partial charge in [-0.3, -0.25) is 0 Å². The molecule has 0 saturated heterocycles. The molecule has 0 aliphatic rings. The Kier molecular flexibility index (Phi) is 3.20. The molecule has 0 bridgehead atoms. The number of hydrogen-bond donors (Lipinski definition) is 1. The van der Waals surface area contributed by atoms with Gasteiger partial charge in [-0.05, 0) is 31.2 Å². The van der Waals surface area contributed by atoms with Gasteiger partial charge in [-0.1, -0.05) is 0 Å². The molecule has 20 heavy (non-hydrogen) atoms. The van der Waals surface area contributed by atoms with Crippen molar-refractivity contribution in [3.8, 4) is 11.3 Å². The summed E-state index contributed by atoms with van der Waals surface area (Å²) in [7, 11) is 0. The average Bonchev–Trinajstić information content (AvgIpc) is 2.77. The summed E-state index contributed by atoms with van der Waals surface area (Å²) in [5.41, 5.74) is 4.28. The van der Waals surface area contributed by atoms with E-state index < -0.39 is 0 Å². The Balaban J connectivity index is 2.09. The molecular weight excluding hydrogens is 254 g/mol. The first-order chi connectivity index (χ1) is 9.65. The van der Waals surface area contributed by atoms with E-state index in [2.05, 4.69) is 15.0 Å². The largest absolute Gasteiger partial charge is 0.441 e. The van der Waals surface area contributed by atoms with Gasteiger partial charge in [-0.25, -0.2) is 15.0 Å². The van der Waals surface area contributed by atoms with Crippen molar-refractivity contribution in [1.29, 1.82) is 0 Å². The number of rotatable bonds is 3. The second-order valence-electron chi connectivity index (χ2n) is 4.70. The summed E-state index contributed by atoms with van der Waals surface area (Å²) in [5.74, 6) is 1.30. The van der Waals surface area contributed by atoms with Crippen LogP contribution in [0.2, 0.25) is 0 Å². The van der Waals surface area contributed by atoms with Crippen LogP contribution in [0, 0.1) is 13.8 Å². The predicted molar refractivity (Wildman–Crippen MR) is 75.3 cm³/mol. The third-order valence-electron chi connectivity index (χ3n) is 3.03. The topological polar surface area (TPSA) is 72.0 Å². The molecule has 3 aromatic rings. The smallest absolute Gasteiger partial charge is 0.192 e. The van der Waals surface area contributed by atoms with Crippen LogP contribution in [-0.2, 0) is 6.42 Å². The van der Waals surface area contributed by atoms with Crippen molar-refractivity contribution in [2.75, 3.05) is 6.61 Å². The first kappa shape index (κ1) is 12.7. The van der Waals surface area contributed by atoms with Crippen molar-refractivity contribution in [3.63, 3.8) is 0 Å². The fraction of sp³-hybridized carbons (Fsp3) is 0.267. The molecule has 0 spiro atoms.